The van der Waals surface area contributed by atoms with Crippen LogP contribution in [0.25, 0.3) is 0 Å². The van der Waals surface area contributed by atoms with Crippen LogP contribution < -0.4 is 10.6 Å². The van der Waals surface area contributed by atoms with Gasteiger partial charge in [0, 0.05) is 36.0 Å². The highest BCUT2D eigenvalue weighted by molar-refractivity contribution is 7.99. The molecule has 0 radical (unpaired) electrons. The number of hydrogen-bond donors (Lipinski definition) is 2. The molecule has 6 heteroatoms. The summed E-state index contributed by atoms with van der Waals surface area (Å²) in [5.41, 5.74) is 0.501. The van der Waals surface area contributed by atoms with Gasteiger partial charge in [0.1, 0.15) is 0 Å². The average Bonchev–Trinajstić information content (AvgIpc) is 2.27. The molecule has 1 aliphatic heterocycles. The van der Waals surface area contributed by atoms with Gasteiger partial charge in [0.05, 0.1) is 0 Å². The number of thioether (sulfide) groups is 1. The predicted molar refractivity (Wildman–Crippen MR) is 67.0 cm³/mol. The van der Waals surface area contributed by atoms with Crippen LogP contribution in [0.2, 0.25) is 0 Å². The summed E-state index contributed by atoms with van der Waals surface area (Å²) in [5.74, 6) is -2.09. The molecule has 1 heterocycles. The second kappa shape index (κ2) is 6.15. The van der Waals surface area contributed by atoms with Gasteiger partial charge < -0.3 is 10.6 Å². The van der Waals surface area contributed by atoms with Gasteiger partial charge in [-0.25, -0.2) is 0 Å². The van der Waals surface area contributed by atoms with Crippen molar-refractivity contribution in [2.24, 2.45) is 5.92 Å². The van der Waals surface area contributed by atoms with Crippen LogP contribution >= 0.6 is 11.8 Å². The quantitative estimate of drug-likeness (QED) is 0.805. The summed E-state index contributed by atoms with van der Waals surface area (Å²) in [5, 5.41) is 5.95. The maximum absolute atomic E-state index is 12.1. The number of carbonyl (C=O) groups is 1. The SMILES string of the molecule is O=C(NCC1CNC1)c1ccc(SC(F)F)cc1. The molecular formula is C12H14F2N2OS. The summed E-state index contributed by atoms with van der Waals surface area (Å²) in [6.07, 6.45) is 0. The Morgan fingerprint density at radius 3 is 2.56 bits per heavy atom. The second-order valence-corrected chi connectivity index (χ2v) is 5.20. The summed E-state index contributed by atoms with van der Waals surface area (Å²) in [7, 11) is 0. The maximum atomic E-state index is 12.1. The third-order valence-corrected chi connectivity index (χ3v) is 3.48. The number of benzene rings is 1. The summed E-state index contributed by atoms with van der Waals surface area (Å²) in [6.45, 7) is 2.52. The van der Waals surface area contributed by atoms with E-state index in [0.717, 1.165) is 13.1 Å². The predicted octanol–water partition coefficient (Wildman–Crippen LogP) is 1.95. The van der Waals surface area contributed by atoms with Crippen LogP contribution in [0.4, 0.5) is 8.78 Å². The fourth-order valence-corrected chi connectivity index (χ4v) is 2.12. The van der Waals surface area contributed by atoms with E-state index in [4.69, 9.17) is 0 Å². The van der Waals surface area contributed by atoms with Crippen molar-refractivity contribution in [2.75, 3.05) is 19.6 Å². The van der Waals surface area contributed by atoms with Crippen molar-refractivity contribution in [3.63, 3.8) is 0 Å². The van der Waals surface area contributed by atoms with E-state index in [9.17, 15) is 13.6 Å². The van der Waals surface area contributed by atoms with E-state index in [2.05, 4.69) is 10.6 Å². The van der Waals surface area contributed by atoms with Gasteiger partial charge in [-0.05, 0) is 24.3 Å². The average molecular weight is 272 g/mol. The first-order valence-electron chi connectivity index (χ1n) is 5.69. The molecule has 98 valence electrons. The summed E-state index contributed by atoms with van der Waals surface area (Å²) < 4.78 is 24.2. The molecular weight excluding hydrogens is 258 g/mol. The molecule has 0 saturated carbocycles. The zero-order valence-corrected chi connectivity index (χ0v) is 10.5. The number of halogens is 2. The first-order chi connectivity index (χ1) is 8.65. The molecule has 1 amide bonds. The van der Waals surface area contributed by atoms with E-state index in [1.165, 1.54) is 12.1 Å². The minimum Gasteiger partial charge on any atom is -0.352 e. The number of carbonyl (C=O) groups excluding carboxylic acids is 1. The molecule has 0 aromatic heterocycles. The Kier molecular flexibility index (Phi) is 4.54. The van der Waals surface area contributed by atoms with E-state index in [-0.39, 0.29) is 5.91 Å². The number of alkyl halides is 2. The summed E-state index contributed by atoms with van der Waals surface area (Å²) >= 11 is 0.477. The Morgan fingerprint density at radius 2 is 2.06 bits per heavy atom. The largest absolute Gasteiger partial charge is 0.352 e. The van der Waals surface area contributed by atoms with Crippen LogP contribution in [0.3, 0.4) is 0 Å². The minimum atomic E-state index is -2.43. The molecule has 0 atom stereocenters. The molecule has 1 aromatic carbocycles. The molecule has 18 heavy (non-hydrogen) atoms. The monoisotopic (exact) mass is 272 g/mol. The lowest BCUT2D eigenvalue weighted by atomic mass is 10.0. The number of hydrogen-bond acceptors (Lipinski definition) is 3. The van der Waals surface area contributed by atoms with Gasteiger partial charge >= 0.3 is 0 Å². The number of rotatable bonds is 5. The summed E-state index contributed by atoms with van der Waals surface area (Å²) in [6, 6.07) is 6.21. The van der Waals surface area contributed by atoms with Crippen molar-refractivity contribution in [3.05, 3.63) is 29.8 Å². The maximum Gasteiger partial charge on any atom is 0.288 e. The topological polar surface area (TPSA) is 41.1 Å². The highest BCUT2D eigenvalue weighted by atomic mass is 32.2. The van der Waals surface area contributed by atoms with E-state index in [1.54, 1.807) is 12.1 Å². The van der Waals surface area contributed by atoms with Crippen molar-refractivity contribution in [2.45, 2.75) is 10.7 Å². The third-order valence-electron chi connectivity index (χ3n) is 2.76. The molecule has 2 N–H and O–H groups in total. The van der Waals surface area contributed by atoms with Crippen molar-refractivity contribution < 1.29 is 13.6 Å². The summed E-state index contributed by atoms with van der Waals surface area (Å²) in [4.78, 5) is 12.2. The Hall–Kier alpha value is -1.14. The number of amides is 1. The standard InChI is InChI=1S/C12H14F2N2OS/c13-12(14)18-10-3-1-9(2-4-10)11(17)16-7-8-5-15-6-8/h1-4,8,12,15H,5-7H2,(H,16,17). The van der Waals surface area contributed by atoms with Crippen LogP contribution in [0.5, 0.6) is 0 Å². The number of nitrogens with one attached hydrogen (secondary N) is 2. The van der Waals surface area contributed by atoms with Gasteiger partial charge in [-0.15, -0.1) is 0 Å². The van der Waals surface area contributed by atoms with E-state index in [0.29, 0.717) is 34.7 Å². The fraction of sp³-hybridized carbons (Fsp3) is 0.417. The first kappa shape index (κ1) is 13.3. The second-order valence-electron chi connectivity index (χ2n) is 4.14. The molecule has 3 nitrogen and oxygen atoms in total. The molecule has 0 bridgehead atoms. The van der Waals surface area contributed by atoms with Gasteiger partial charge in [0.2, 0.25) is 0 Å². The van der Waals surface area contributed by atoms with Crippen LogP contribution in [0.1, 0.15) is 10.4 Å². The minimum absolute atomic E-state index is 0.157. The van der Waals surface area contributed by atoms with Crippen molar-refractivity contribution in [1.82, 2.24) is 10.6 Å². The molecule has 1 aromatic rings. The Balaban J connectivity index is 1.85. The molecule has 1 saturated heterocycles. The zero-order valence-electron chi connectivity index (χ0n) is 9.66. The van der Waals surface area contributed by atoms with Crippen LogP contribution in [-0.2, 0) is 0 Å². The Bertz CT molecular complexity index is 407. The highest BCUT2D eigenvalue weighted by Crippen LogP contribution is 2.25. The lowest BCUT2D eigenvalue weighted by Gasteiger charge is -2.27. The lowest BCUT2D eigenvalue weighted by Crippen LogP contribution is -2.48. The first-order valence-corrected chi connectivity index (χ1v) is 6.57. The van der Waals surface area contributed by atoms with Gasteiger partial charge in [0.25, 0.3) is 11.7 Å². The van der Waals surface area contributed by atoms with Crippen molar-refractivity contribution >= 4 is 17.7 Å². The van der Waals surface area contributed by atoms with E-state index >= 15 is 0 Å². The van der Waals surface area contributed by atoms with Crippen molar-refractivity contribution in [3.8, 4) is 0 Å². The van der Waals surface area contributed by atoms with Crippen LogP contribution in [0.15, 0.2) is 29.2 Å². The van der Waals surface area contributed by atoms with Crippen LogP contribution in [-0.4, -0.2) is 31.3 Å². The lowest BCUT2D eigenvalue weighted by molar-refractivity contribution is 0.0942. The van der Waals surface area contributed by atoms with E-state index in [1.807, 2.05) is 0 Å². The smallest absolute Gasteiger partial charge is 0.288 e. The zero-order chi connectivity index (χ0) is 13.0. The molecule has 1 fully saturated rings. The fourth-order valence-electron chi connectivity index (χ4n) is 1.62. The van der Waals surface area contributed by atoms with Gasteiger partial charge in [-0.2, -0.15) is 8.78 Å². The third kappa shape index (κ3) is 3.68. The van der Waals surface area contributed by atoms with Gasteiger partial charge in [-0.3, -0.25) is 4.79 Å². The van der Waals surface area contributed by atoms with Crippen molar-refractivity contribution in [1.29, 1.82) is 0 Å². The van der Waals surface area contributed by atoms with Gasteiger partial charge in [0.15, 0.2) is 0 Å². The molecule has 0 spiro atoms. The van der Waals surface area contributed by atoms with E-state index < -0.39 is 5.76 Å². The Labute approximate surface area is 108 Å². The molecule has 2 rings (SSSR count). The van der Waals surface area contributed by atoms with Crippen LogP contribution in [0, 0.1) is 5.92 Å². The Morgan fingerprint density at radius 1 is 1.39 bits per heavy atom. The highest BCUT2D eigenvalue weighted by Gasteiger charge is 2.17. The molecule has 0 aliphatic carbocycles. The molecule has 0 unspecified atom stereocenters. The molecule has 1 aliphatic rings. The van der Waals surface area contributed by atoms with Gasteiger partial charge in [-0.1, -0.05) is 11.8 Å². The normalized spacial score (nSPS) is 15.5.